The first-order valence-corrected chi connectivity index (χ1v) is 10.1. The molecule has 0 fully saturated rings. The highest BCUT2D eigenvalue weighted by Crippen LogP contribution is 2.32. The van der Waals surface area contributed by atoms with E-state index in [2.05, 4.69) is 53.6 Å². The van der Waals surface area contributed by atoms with Crippen LogP contribution in [0.2, 0.25) is 0 Å². The molecule has 1 heterocycles. The number of aromatic nitrogens is 2. The molecule has 0 saturated heterocycles. The Morgan fingerprint density at radius 1 is 1.04 bits per heavy atom. The van der Waals surface area contributed by atoms with Gasteiger partial charge in [0, 0.05) is 11.3 Å². The van der Waals surface area contributed by atoms with Gasteiger partial charge in [0.2, 0.25) is 5.13 Å². The van der Waals surface area contributed by atoms with Crippen LogP contribution in [0.5, 0.6) is 5.75 Å². The normalized spacial score (nSPS) is 11.5. The summed E-state index contributed by atoms with van der Waals surface area (Å²) in [6.45, 7) is 8.40. The second-order valence-electron chi connectivity index (χ2n) is 7.45. The van der Waals surface area contributed by atoms with E-state index in [1.807, 2.05) is 44.2 Å². The lowest BCUT2D eigenvalue weighted by molar-refractivity contribution is -0.118. The van der Waals surface area contributed by atoms with Gasteiger partial charge in [-0.05, 0) is 23.3 Å². The maximum Gasteiger partial charge on any atom is 0.264 e. The minimum Gasteiger partial charge on any atom is -0.484 e. The van der Waals surface area contributed by atoms with Crippen LogP contribution < -0.4 is 10.1 Å². The molecule has 6 heteroatoms. The molecular formula is C22H25N3O2S. The van der Waals surface area contributed by atoms with Gasteiger partial charge in [0.05, 0.1) is 0 Å². The molecule has 0 aliphatic heterocycles. The van der Waals surface area contributed by atoms with Crippen LogP contribution >= 0.6 is 11.3 Å². The Labute approximate surface area is 169 Å². The van der Waals surface area contributed by atoms with Crippen LogP contribution in [0.3, 0.4) is 0 Å². The maximum absolute atomic E-state index is 12.1. The molecule has 0 bridgehead atoms. The fourth-order valence-electron chi connectivity index (χ4n) is 2.81. The number of hydrogen-bond donors (Lipinski definition) is 1. The molecule has 0 aliphatic rings. The van der Waals surface area contributed by atoms with Gasteiger partial charge in [-0.1, -0.05) is 81.5 Å². The zero-order chi connectivity index (χ0) is 20.1. The standard InChI is InChI=1S/C22H25N3O2S/c1-15(2)20-24-25-21(28-20)23-19(26)14-27-18-12-10-17(11-13-18)22(3,4)16-8-6-5-7-9-16/h5-13,15H,14H2,1-4H3,(H,23,25,26). The number of hydrogen-bond acceptors (Lipinski definition) is 5. The van der Waals surface area contributed by atoms with E-state index in [1.54, 1.807) is 0 Å². The van der Waals surface area contributed by atoms with Crippen molar-refractivity contribution in [3.05, 3.63) is 70.7 Å². The van der Waals surface area contributed by atoms with Gasteiger partial charge in [-0.15, -0.1) is 10.2 Å². The van der Waals surface area contributed by atoms with E-state index < -0.39 is 0 Å². The zero-order valence-electron chi connectivity index (χ0n) is 16.6. The van der Waals surface area contributed by atoms with E-state index in [0.717, 1.165) is 5.01 Å². The minimum atomic E-state index is -0.250. The Morgan fingerprint density at radius 3 is 2.29 bits per heavy atom. The van der Waals surface area contributed by atoms with E-state index in [1.165, 1.54) is 22.5 Å². The molecule has 0 unspecified atom stereocenters. The third-order valence-electron chi connectivity index (χ3n) is 4.62. The first-order chi connectivity index (χ1) is 13.4. The highest BCUT2D eigenvalue weighted by atomic mass is 32.1. The average molecular weight is 396 g/mol. The summed E-state index contributed by atoms with van der Waals surface area (Å²) < 4.78 is 5.61. The molecule has 3 aromatic rings. The van der Waals surface area contributed by atoms with E-state index in [-0.39, 0.29) is 23.8 Å². The first kappa shape index (κ1) is 20.0. The summed E-state index contributed by atoms with van der Waals surface area (Å²) in [7, 11) is 0. The lowest BCUT2D eigenvalue weighted by Crippen LogP contribution is -2.20. The molecule has 0 atom stereocenters. The van der Waals surface area contributed by atoms with Crippen LogP contribution in [-0.2, 0) is 10.2 Å². The molecule has 28 heavy (non-hydrogen) atoms. The number of carbonyl (C=O) groups is 1. The fourth-order valence-corrected chi connectivity index (χ4v) is 3.57. The maximum atomic E-state index is 12.1. The van der Waals surface area contributed by atoms with Crippen LogP contribution in [0, 0.1) is 0 Å². The number of nitrogens with one attached hydrogen (secondary N) is 1. The number of rotatable bonds is 7. The van der Waals surface area contributed by atoms with Crippen LogP contribution in [0.25, 0.3) is 0 Å². The van der Waals surface area contributed by atoms with Crippen LogP contribution in [0.1, 0.15) is 49.7 Å². The average Bonchev–Trinajstić information content (AvgIpc) is 3.16. The third kappa shape index (κ3) is 4.75. The highest BCUT2D eigenvalue weighted by Gasteiger charge is 2.22. The largest absolute Gasteiger partial charge is 0.484 e. The first-order valence-electron chi connectivity index (χ1n) is 9.28. The van der Waals surface area contributed by atoms with Crippen LogP contribution in [0.15, 0.2) is 54.6 Å². The number of amides is 1. The monoisotopic (exact) mass is 395 g/mol. The topological polar surface area (TPSA) is 64.1 Å². The van der Waals surface area contributed by atoms with Crippen molar-refractivity contribution in [2.45, 2.75) is 39.0 Å². The second kappa shape index (κ2) is 8.52. The summed E-state index contributed by atoms with van der Waals surface area (Å²) in [6, 6.07) is 18.3. The van der Waals surface area contributed by atoms with Crippen molar-refractivity contribution in [3.8, 4) is 5.75 Å². The summed E-state index contributed by atoms with van der Waals surface area (Å²) >= 11 is 1.38. The predicted octanol–water partition coefficient (Wildman–Crippen LogP) is 5.00. The van der Waals surface area contributed by atoms with Crippen molar-refractivity contribution < 1.29 is 9.53 Å². The van der Waals surface area contributed by atoms with Gasteiger partial charge in [-0.2, -0.15) is 0 Å². The lowest BCUT2D eigenvalue weighted by atomic mass is 9.78. The summed E-state index contributed by atoms with van der Waals surface area (Å²) in [4.78, 5) is 12.1. The van der Waals surface area contributed by atoms with Gasteiger partial charge in [0.15, 0.2) is 6.61 Å². The van der Waals surface area contributed by atoms with Crippen molar-refractivity contribution in [1.82, 2.24) is 10.2 Å². The van der Waals surface area contributed by atoms with Gasteiger partial charge in [0.25, 0.3) is 5.91 Å². The Balaban J connectivity index is 1.57. The van der Waals surface area contributed by atoms with Crippen molar-refractivity contribution in [2.24, 2.45) is 0 Å². The van der Waals surface area contributed by atoms with Gasteiger partial charge >= 0.3 is 0 Å². The Bertz CT molecular complexity index is 918. The Morgan fingerprint density at radius 2 is 1.68 bits per heavy atom. The van der Waals surface area contributed by atoms with E-state index in [0.29, 0.717) is 10.9 Å². The molecule has 0 aliphatic carbocycles. The molecule has 1 aromatic heterocycles. The third-order valence-corrected chi connectivity index (χ3v) is 5.76. The van der Waals surface area contributed by atoms with Crippen molar-refractivity contribution in [1.29, 1.82) is 0 Å². The number of carbonyl (C=O) groups excluding carboxylic acids is 1. The highest BCUT2D eigenvalue weighted by molar-refractivity contribution is 7.15. The molecule has 3 rings (SSSR count). The number of ether oxygens (including phenoxy) is 1. The van der Waals surface area contributed by atoms with Crippen molar-refractivity contribution in [3.63, 3.8) is 0 Å². The molecular weight excluding hydrogens is 370 g/mol. The second-order valence-corrected chi connectivity index (χ2v) is 8.46. The fraction of sp³-hybridized carbons (Fsp3) is 0.318. The van der Waals surface area contributed by atoms with Crippen LogP contribution in [0.4, 0.5) is 5.13 Å². The minimum absolute atomic E-state index is 0.0714. The van der Waals surface area contributed by atoms with Gasteiger partial charge in [-0.3, -0.25) is 10.1 Å². The molecule has 0 spiro atoms. The summed E-state index contributed by atoms with van der Waals surface area (Å²) in [6.07, 6.45) is 0. The predicted molar refractivity (Wildman–Crippen MR) is 113 cm³/mol. The number of benzene rings is 2. The Kier molecular flexibility index (Phi) is 6.09. The lowest BCUT2D eigenvalue weighted by Gasteiger charge is -2.26. The molecule has 1 N–H and O–H groups in total. The molecule has 146 valence electrons. The summed E-state index contributed by atoms with van der Waals surface area (Å²) in [5.74, 6) is 0.695. The van der Waals surface area contributed by atoms with E-state index >= 15 is 0 Å². The smallest absolute Gasteiger partial charge is 0.264 e. The number of anilines is 1. The molecule has 5 nitrogen and oxygen atoms in total. The van der Waals surface area contributed by atoms with Gasteiger partial charge in [0.1, 0.15) is 10.8 Å². The van der Waals surface area contributed by atoms with Gasteiger partial charge < -0.3 is 4.74 Å². The SMILES string of the molecule is CC(C)c1nnc(NC(=O)COc2ccc(C(C)(C)c3ccccc3)cc2)s1. The quantitative estimate of drug-likeness (QED) is 0.611. The van der Waals surface area contributed by atoms with E-state index in [9.17, 15) is 4.79 Å². The number of nitrogens with zero attached hydrogens (tertiary/aromatic N) is 2. The van der Waals surface area contributed by atoms with Gasteiger partial charge in [-0.25, -0.2) is 0 Å². The van der Waals surface area contributed by atoms with Crippen LogP contribution in [-0.4, -0.2) is 22.7 Å². The Hall–Kier alpha value is -2.73. The summed E-state index contributed by atoms with van der Waals surface area (Å²) in [5, 5.41) is 12.2. The van der Waals surface area contributed by atoms with E-state index in [4.69, 9.17) is 4.74 Å². The molecule has 0 saturated carbocycles. The molecule has 2 aromatic carbocycles. The zero-order valence-corrected chi connectivity index (χ0v) is 17.4. The molecule has 0 radical (unpaired) electrons. The summed E-state index contributed by atoms with van der Waals surface area (Å²) in [5.41, 5.74) is 2.33. The van der Waals surface area contributed by atoms with Crippen molar-refractivity contribution >= 4 is 22.4 Å². The van der Waals surface area contributed by atoms with Crippen molar-refractivity contribution in [2.75, 3.05) is 11.9 Å². The molecule has 1 amide bonds.